The standard InChI is InChI=1S/C16H18F2N2/c1-2-11-5-3-4-6-12(11)10-20-15-8-7-13(19)9-14(15)16(17)18/h3-9,16,20H,2,10,19H2,1H3. The van der Waals surface area contributed by atoms with Gasteiger partial charge < -0.3 is 11.1 Å². The van der Waals surface area contributed by atoms with E-state index in [4.69, 9.17) is 5.73 Å². The van der Waals surface area contributed by atoms with Crippen molar-refractivity contribution in [1.29, 1.82) is 0 Å². The number of hydrogen-bond donors (Lipinski definition) is 2. The third-order valence-corrected chi connectivity index (χ3v) is 3.28. The number of benzene rings is 2. The van der Waals surface area contributed by atoms with Crippen LogP contribution in [0.5, 0.6) is 0 Å². The minimum atomic E-state index is -2.54. The normalized spacial score (nSPS) is 10.8. The molecule has 20 heavy (non-hydrogen) atoms. The Morgan fingerprint density at radius 2 is 1.80 bits per heavy atom. The topological polar surface area (TPSA) is 38.0 Å². The molecule has 0 fully saturated rings. The Labute approximate surface area is 117 Å². The van der Waals surface area contributed by atoms with E-state index in [1.165, 1.54) is 11.6 Å². The third kappa shape index (κ3) is 3.26. The first-order valence-electron chi connectivity index (χ1n) is 6.60. The Balaban J connectivity index is 2.19. The van der Waals surface area contributed by atoms with Crippen molar-refractivity contribution in [3.63, 3.8) is 0 Å². The number of alkyl halides is 2. The van der Waals surface area contributed by atoms with E-state index in [2.05, 4.69) is 12.2 Å². The molecule has 2 rings (SSSR count). The Bertz CT molecular complexity index is 582. The summed E-state index contributed by atoms with van der Waals surface area (Å²) in [5.41, 5.74) is 8.61. The second-order valence-corrected chi connectivity index (χ2v) is 4.62. The predicted octanol–water partition coefficient (Wildman–Crippen LogP) is 4.38. The van der Waals surface area contributed by atoms with Crippen LogP contribution in [0.25, 0.3) is 0 Å². The highest BCUT2D eigenvalue weighted by Crippen LogP contribution is 2.29. The molecule has 0 atom stereocenters. The predicted molar refractivity (Wildman–Crippen MR) is 79.0 cm³/mol. The second kappa shape index (κ2) is 6.37. The van der Waals surface area contributed by atoms with Crippen molar-refractivity contribution in [3.8, 4) is 0 Å². The summed E-state index contributed by atoms with van der Waals surface area (Å²) in [6.07, 6.45) is -1.62. The lowest BCUT2D eigenvalue weighted by atomic mass is 10.0. The third-order valence-electron chi connectivity index (χ3n) is 3.28. The van der Waals surface area contributed by atoms with Crippen LogP contribution in [0.4, 0.5) is 20.2 Å². The zero-order valence-electron chi connectivity index (χ0n) is 11.4. The quantitative estimate of drug-likeness (QED) is 0.795. The molecule has 0 aliphatic rings. The van der Waals surface area contributed by atoms with Crippen LogP contribution in [0, 0.1) is 0 Å². The maximum atomic E-state index is 13.0. The minimum absolute atomic E-state index is 0.0565. The molecule has 0 aromatic heterocycles. The van der Waals surface area contributed by atoms with E-state index in [-0.39, 0.29) is 5.56 Å². The van der Waals surface area contributed by atoms with Crippen molar-refractivity contribution in [2.45, 2.75) is 26.3 Å². The molecule has 4 heteroatoms. The first-order chi connectivity index (χ1) is 9.61. The molecule has 0 radical (unpaired) electrons. The van der Waals surface area contributed by atoms with Gasteiger partial charge in [-0.2, -0.15) is 0 Å². The van der Waals surface area contributed by atoms with Crippen LogP contribution in [0.3, 0.4) is 0 Å². The van der Waals surface area contributed by atoms with Crippen LogP contribution in [0.2, 0.25) is 0 Å². The molecule has 0 saturated carbocycles. The van der Waals surface area contributed by atoms with Gasteiger partial charge in [0.25, 0.3) is 6.43 Å². The first-order valence-corrected chi connectivity index (χ1v) is 6.60. The molecular weight excluding hydrogens is 258 g/mol. The van der Waals surface area contributed by atoms with Gasteiger partial charge in [-0.1, -0.05) is 31.2 Å². The summed E-state index contributed by atoms with van der Waals surface area (Å²) in [7, 11) is 0. The zero-order valence-corrected chi connectivity index (χ0v) is 11.4. The van der Waals surface area contributed by atoms with Crippen molar-refractivity contribution in [2.75, 3.05) is 11.1 Å². The van der Waals surface area contributed by atoms with Crippen LogP contribution in [-0.2, 0) is 13.0 Å². The number of nitrogens with two attached hydrogens (primary N) is 1. The lowest BCUT2D eigenvalue weighted by Gasteiger charge is -2.14. The molecule has 0 amide bonds. The van der Waals surface area contributed by atoms with Crippen molar-refractivity contribution >= 4 is 11.4 Å². The summed E-state index contributed by atoms with van der Waals surface area (Å²) in [6, 6.07) is 12.5. The second-order valence-electron chi connectivity index (χ2n) is 4.62. The SMILES string of the molecule is CCc1ccccc1CNc1ccc(N)cc1C(F)F. The number of hydrogen-bond acceptors (Lipinski definition) is 2. The summed E-state index contributed by atoms with van der Waals surface area (Å²) in [5.74, 6) is 0. The fourth-order valence-electron chi connectivity index (χ4n) is 2.19. The van der Waals surface area contributed by atoms with Crippen molar-refractivity contribution in [3.05, 3.63) is 59.2 Å². The van der Waals surface area contributed by atoms with E-state index in [9.17, 15) is 8.78 Å². The largest absolute Gasteiger partial charge is 0.399 e. The van der Waals surface area contributed by atoms with Gasteiger partial charge in [-0.3, -0.25) is 0 Å². The minimum Gasteiger partial charge on any atom is -0.399 e. The van der Waals surface area contributed by atoms with E-state index >= 15 is 0 Å². The highest BCUT2D eigenvalue weighted by atomic mass is 19.3. The molecule has 0 aliphatic heterocycles. The number of rotatable bonds is 5. The number of nitrogens with one attached hydrogen (secondary N) is 1. The van der Waals surface area contributed by atoms with Crippen LogP contribution in [0.1, 0.15) is 30.0 Å². The molecular formula is C16H18F2N2. The van der Waals surface area contributed by atoms with Crippen LogP contribution >= 0.6 is 0 Å². The fraction of sp³-hybridized carbons (Fsp3) is 0.250. The van der Waals surface area contributed by atoms with Crippen molar-refractivity contribution in [2.24, 2.45) is 0 Å². The van der Waals surface area contributed by atoms with Gasteiger partial charge in [-0.25, -0.2) is 8.78 Å². The molecule has 0 aliphatic carbocycles. The van der Waals surface area contributed by atoms with Crippen LogP contribution < -0.4 is 11.1 Å². The molecule has 0 bridgehead atoms. The van der Waals surface area contributed by atoms with Gasteiger partial charge in [0.1, 0.15) is 0 Å². The van der Waals surface area contributed by atoms with Crippen LogP contribution in [-0.4, -0.2) is 0 Å². The fourth-order valence-corrected chi connectivity index (χ4v) is 2.19. The van der Waals surface area contributed by atoms with Gasteiger partial charge in [-0.05, 0) is 35.7 Å². The lowest BCUT2D eigenvalue weighted by Crippen LogP contribution is -2.05. The van der Waals surface area contributed by atoms with Gasteiger partial charge in [0.2, 0.25) is 0 Å². The highest BCUT2D eigenvalue weighted by molar-refractivity contribution is 5.58. The average Bonchev–Trinajstić information content (AvgIpc) is 2.46. The lowest BCUT2D eigenvalue weighted by molar-refractivity contribution is 0.152. The van der Waals surface area contributed by atoms with Gasteiger partial charge in [0, 0.05) is 23.5 Å². The Hall–Kier alpha value is -2.10. The smallest absolute Gasteiger partial charge is 0.265 e. The van der Waals surface area contributed by atoms with E-state index in [0.29, 0.717) is 17.9 Å². The summed E-state index contributed by atoms with van der Waals surface area (Å²) >= 11 is 0. The molecule has 0 heterocycles. The number of nitrogen functional groups attached to an aromatic ring is 1. The maximum absolute atomic E-state index is 13.0. The van der Waals surface area contributed by atoms with Gasteiger partial charge in [0.15, 0.2) is 0 Å². The van der Waals surface area contributed by atoms with E-state index < -0.39 is 6.43 Å². The van der Waals surface area contributed by atoms with E-state index in [1.807, 2.05) is 24.3 Å². The van der Waals surface area contributed by atoms with E-state index in [1.54, 1.807) is 12.1 Å². The maximum Gasteiger partial charge on any atom is 0.265 e. The summed E-state index contributed by atoms with van der Waals surface area (Å²) < 4.78 is 26.0. The summed E-state index contributed by atoms with van der Waals surface area (Å²) in [4.78, 5) is 0. The van der Waals surface area contributed by atoms with Gasteiger partial charge in [0.05, 0.1) is 0 Å². The average molecular weight is 276 g/mol. The molecule has 106 valence electrons. The van der Waals surface area contributed by atoms with Gasteiger partial charge >= 0.3 is 0 Å². The van der Waals surface area contributed by atoms with Crippen molar-refractivity contribution in [1.82, 2.24) is 0 Å². The first kappa shape index (κ1) is 14.3. The van der Waals surface area contributed by atoms with Crippen LogP contribution in [0.15, 0.2) is 42.5 Å². The Morgan fingerprint density at radius 1 is 1.10 bits per heavy atom. The van der Waals surface area contributed by atoms with Crippen molar-refractivity contribution < 1.29 is 8.78 Å². The monoisotopic (exact) mass is 276 g/mol. The number of aryl methyl sites for hydroxylation is 1. The van der Waals surface area contributed by atoms with E-state index in [0.717, 1.165) is 12.0 Å². The number of halogens is 2. The molecule has 3 N–H and O–H groups in total. The Morgan fingerprint density at radius 3 is 2.45 bits per heavy atom. The highest BCUT2D eigenvalue weighted by Gasteiger charge is 2.13. The Kier molecular flexibility index (Phi) is 4.56. The molecule has 2 nitrogen and oxygen atoms in total. The molecule has 2 aromatic carbocycles. The molecule has 2 aromatic rings. The van der Waals surface area contributed by atoms with Gasteiger partial charge in [-0.15, -0.1) is 0 Å². The zero-order chi connectivity index (χ0) is 14.5. The molecule has 0 saturated heterocycles. The molecule has 0 unspecified atom stereocenters. The molecule has 0 spiro atoms. The summed E-state index contributed by atoms with van der Waals surface area (Å²) in [6.45, 7) is 2.60. The number of anilines is 2. The summed E-state index contributed by atoms with van der Waals surface area (Å²) in [5, 5.41) is 3.08.